The average Bonchev–Trinajstić information content (AvgIpc) is 3.31. The van der Waals surface area contributed by atoms with Crippen molar-refractivity contribution in [2.75, 3.05) is 20.8 Å². The first-order valence-corrected chi connectivity index (χ1v) is 10.3. The lowest BCUT2D eigenvalue weighted by Gasteiger charge is -2.10. The SMILES string of the molecule is CCn1c2ccccc2c2cc(-c3nc4ccc(OC)cc4n3CCOC)ccc21. The molecule has 0 spiro atoms. The van der Waals surface area contributed by atoms with Crippen molar-refractivity contribution in [3.63, 3.8) is 0 Å². The third-order valence-corrected chi connectivity index (χ3v) is 5.82. The van der Waals surface area contributed by atoms with Crippen molar-refractivity contribution in [3.8, 4) is 17.1 Å². The van der Waals surface area contributed by atoms with Crippen LogP contribution in [0.15, 0.2) is 60.7 Å². The fraction of sp³-hybridized carbons (Fsp3) is 0.240. The smallest absolute Gasteiger partial charge is 0.141 e. The first-order valence-electron chi connectivity index (χ1n) is 10.3. The van der Waals surface area contributed by atoms with E-state index in [9.17, 15) is 0 Å². The molecule has 5 heteroatoms. The molecule has 0 N–H and O–H groups in total. The lowest BCUT2D eigenvalue weighted by Crippen LogP contribution is -2.06. The maximum atomic E-state index is 5.44. The molecule has 152 valence electrons. The molecule has 0 bridgehead atoms. The van der Waals surface area contributed by atoms with E-state index in [1.807, 2.05) is 18.2 Å². The van der Waals surface area contributed by atoms with Gasteiger partial charge in [-0.15, -0.1) is 0 Å². The Morgan fingerprint density at radius 1 is 0.833 bits per heavy atom. The number of fused-ring (bicyclic) bond motifs is 4. The van der Waals surface area contributed by atoms with E-state index in [0.717, 1.165) is 41.3 Å². The summed E-state index contributed by atoms with van der Waals surface area (Å²) in [6.45, 7) is 4.48. The molecule has 0 radical (unpaired) electrons. The van der Waals surface area contributed by atoms with Gasteiger partial charge in [-0.05, 0) is 43.3 Å². The second-order valence-electron chi connectivity index (χ2n) is 7.43. The van der Waals surface area contributed by atoms with Gasteiger partial charge in [-0.1, -0.05) is 18.2 Å². The average molecular weight is 399 g/mol. The van der Waals surface area contributed by atoms with Crippen LogP contribution in [-0.4, -0.2) is 34.9 Å². The largest absolute Gasteiger partial charge is 0.497 e. The van der Waals surface area contributed by atoms with Crippen LogP contribution in [0.25, 0.3) is 44.2 Å². The van der Waals surface area contributed by atoms with Gasteiger partial charge in [0.2, 0.25) is 0 Å². The Labute approximate surface area is 175 Å². The van der Waals surface area contributed by atoms with Crippen LogP contribution in [-0.2, 0) is 17.8 Å². The predicted octanol–water partition coefficient (Wildman–Crippen LogP) is 5.49. The number of benzene rings is 3. The summed E-state index contributed by atoms with van der Waals surface area (Å²) in [7, 11) is 3.42. The highest BCUT2D eigenvalue weighted by Crippen LogP contribution is 2.34. The Kier molecular flexibility index (Phi) is 4.68. The molecular weight excluding hydrogens is 374 g/mol. The summed E-state index contributed by atoms with van der Waals surface area (Å²) >= 11 is 0. The summed E-state index contributed by atoms with van der Waals surface area (Å²) in [6, 6.07) is 21.3. The Hall–Kier alpha value is -3.31. The molecule has 0 unspecified atom stereocenters. The van der Waals surface area contributed by atoms with E-state index in [1.54, 1.807) is 14.2 Å². The molecule has 2 aromatic heterocycles. The van der Waals surface area contributed by atoms with Gasteiger partial charge in [0.05, 0.1) is 24.8 Å². The van der Waals surface area contributed by atoms with E-state index in [4.69, 9.17) is 14.5 Å². The maximum absolute atomic E-state index is 5.44. The highest BCUT2D eigenvalue weighted by atomic mass is 16.5. The number of methoxy groups -OCH3 is 2. The molecular formula is C25H25N3O2. The number of rotatable bonds is 6. The van der Waals surface area contributed by atoms with E-state index < -0.39 is 0 Å². The molecule has 3 aromatic carbocycles. The van der Waals surface area contributed by atoms with Crippen LogP contribution < -0.4 is 4.74 Å². The number of aromatic nitrogens is 3. The second kappa shape index (κ2) is 7.50. The summed E-state index contributed by atoms with van der Waals surface area (Å²) in [4.78, 5) is 4.97. The Morgan fingerprint density at radius 2 is 1.67 bits per heavy atom. The fourth-order valence-electron chi connectivity index (χ4n) is 4.39. The third kappa shape index (κ3) is 2.85. The molecule has 5 rings (SSSR count). The van der Waals surface area contributed by atoms with Gasteiger partial charge in [0.1, 0.15) is 11.6 Å². The van der Waals surface area contributed by atoms with Crippen LogP contribution in [0.5, 0.6) is 5.75 Å². The van der Waals surface area contributed by atoms with Crippen molar-refractivity contribution in [2.24, 2.45) is 0 Å². The number of hydrogen-bond acceptors (Lipinski definition) is 3. The van der Waals surface area contributed by atoms with Crippen LogP contribution >= 0.6 is 0 Å². The highest BCUT2D eigenvalue weighted by Gasteiger charge is 2.16. The van der Waals surface area contributed by atoms with E-state index in [2.05, 4.69) is 58.5 Å². The highest BCUT2D eigenvalue weighted by molar-refractivity contribution is 6.09. The Bertz CT molecular complexity index is 1360. The zero-order valence-electron chi connectivity index (χ0n) is 17.6. The van der Waals surface area contributed by atoms with Gasteiger partial charge in [-0.3, -0.25) is 0 Å². The van der Waals surface area contributed by atoms with Crippen molar-refractivity contribution in [3.05, 3.63) is 60.7 Å². The summed E-state index contributed by atoms with van der Waals surface area (Å²) in [5, 5.41) is 2.53. The topological polar surface area (TPSA) is 41.2 Å². The van der Waals surface area contributed by atoms with E-state index >= 15 is 0 Å². The Morgan fingerprint density at radius 3 is 2.47 bits per heavy atom. The minimum Gasteiger partial charge on any atom is -0.497 e. The second-order valence-corrected chi connectivity index (χ2v) is 7.43. The summed E-state index contributed by atoms with van der Waals surface area (Å²) < 4.78 is 15.4. The number of imidazole rings is 1. The van der Waals surface area contributed by atoms with Crippen LogP contribution in [0.3, 0.4) is 0 Å². The normalized spacial score (nSPS) is 11.7. The molecule has 0 aliphatic heterocycles. The van der Waals surface area contributed by atoms with Crippen molar-refractivity contribution < 1.29 is 9.47 Å². The van der Waals surface area contributed by atoms with Gasteiger partial charge in [-0.25, -0.2) is 4.98 Å². The van der Waals surface area contributed by atoms with Crippen LogP contribution in [0.1, 0.15) is 6.92 Å². The molecule has 0 saturated carbocycles. The molecule has 0 saturated heterocycles. The zero-order valence-corrected chi connectivity index (χ0v) is 17.6. The molecule has 2 heterocycles. The molecule has 0 atom stereocenters. The van der Waals surface area contributed by atoms with Gasteiger partial charge in [0.15, 0.2) is 0 Å². The molecule has 5 aromatic rings. The number of hydrogen-bond donors (Lipinski definition) is 0. The van der Waals surface area contributed by atoms with Gasteiger partial charge in [0, 0.05) is 53.6 Å². The van der Waals surface area contributed by atoms with Crippen molar-refractivity contribution in [2.45, 2.75) is 20.0 Å². The van der Waals surface area contributed by atoms with Crippen molar-refractivity contribution in [1.82, 2.24) is 14.1 Å². The lowest BCUT2D eigenvalue weighted by atomic mass is 10.1. The summed E-state index contributed by atoms with van der Waals surface area (Å²) in [5.41, 5.74) is 5.64. The molecule has 0 amide bonds. The zero-order chi connectivity index (χ0) is 20.7. The van der Waals surface area contributed by atoms with Crippen LogP contribution in [0.4, 0.5) is 0 Å². The number of ether oxygens (including phenoxy) is 2. The first-order chi connectivity index (χ1) is 14.7. The predicted molar refractivity (Wildman–Crippen MR) is 122 cm³/mol. The molecule has 0 aliphatic carbocycles. The minimum absolute atomic E-state index is 0.618. The van der Waals surface area contributed by atoms with Crippen molar-refractivity contribution >= 4 is 32.8 Å². The molecule has 30 heavy (non-hydrogen) atoms. The first kappa shape index (κ1) is 18.7. The van der Waals surface area contributed by atoms with Gasteiger partial charge < -0.3 is 18.6 Å². The van der Waals surface area contributed by atoms with E-state index in [-0.39, 0.29) is 0 Å². The number of para-hydroxylation sites is 1. The molecule has 0 fully saturated rings. The standard InChI is InChI=1S/C25H25N3O2/c1-4-27-22-8-6-5-7-19(22)20-15-17(9-12-23(20)27)25-26-21-11-10-18(30-3)16-24(21)28(25)13-14-29-2/h5-12,15-16H,4,13-14H2,1-3H3. The molecule has 5 nitrogen and oxygen atoms in total. The summed E-state index contributed by atoms with van der Waals surface area (Å²) in [5.74, 6) is 1.78. The fourth-order valence-corrected chi connectivity index (χ4v) is 4.39. The van der Waals surface area contributed by atoms with Gasteiger partial charge >= 0.3 is 0 Å². The van der Waals surface area contributed by atoms with Gasteiger partial charge in [0.25, 0.3) is 0 Å². The van der Waals surface area contributed by atoms with Crippen LogP contribution in [0, 0.1) is 0 Å². The quantitative estimate of drug-likeness (QED) is 0.379. The van der Waals surface area contributed by atoms with E-state index in [1.165, 1.54) is 21.8 Å². The minimum atomic E-state index is 0.618. The van der Waals surface area contributed by atoms with E-state index in [0.29, 0.717) is 6.61 Å². The third-order valence-electron chi connectivity index (χ3n) is 5.82. The summed E-state index contributed by atoms with van der Waals surface area (Å²) in [6.07, 6.45) is 0. The van der Waals surface area contributed by atoms with Gasteiger partial charge in [-0.2, -0.15) is 0 Å². The monoisotopic (exact) mass is 399 g/mol. The molecule has 0 aliphatic rings. The number of aryl methyl sites for hydroxylation is 1. The Balaban J connectivity index is 1.76. The van der Waals surface area contributed by atoms with Crippen LogP contribution in [0.2, 0.25) is 0 Å². The van der Waals surface area contributed by atoms with Crippen molar-refractivity contribution in [1.29, 1.82) is 0 Å². The number of nitrogens with zero attached hydrogens (tertiary/aromatic N) is 3. The maximum Gasteiger partial charge on any atom is 0.141 e. The lowest BCUT2D eigenvalue weighted by molar-refractivity contribution is 0.188.